The van der Waals surface area contributed by atoms with E-state index in [9.17, 15) is 13.2 Å². The first kappa shape index (κ1) is 23.1. The fraction of sp³-hybridized carbons (Fsp3) is 0.273. The molecule has 11 heteroatoms. The molecule has 1 aromatic heterocycles. The minimum atomic E-state index is -3.94. The molecule has 0 fully saturated rings. The lowest BCUT2D eigenvalue weighted by Gasteiger charge is -2.23. The smallest absolute Gasteiger partial charge is 0.243 e. The average Bonchev–Trinajstić information content (AvgIpc) is 3.23. The zero-order valence-corrected chi connectivity index (χ0v) is 19.6. The quantitative estimate of drug-likeness (QED) is 0.545. The van der Waals surface area contributed by atoms with Gasteiger partial charge < -0.3 is 19.4 Å². The van der Waals surface area contributed by atoms with Gasteiger partial charge in [0.25, 0.3) is 0 Å². The van der Waals surface area contributed by atoms with Gasteiger partial charge in [-0.2, -0.15) is 4.31 Å². The lowest BCUT2D eigenvalue weighted by Crippen LogP contribution is -2.40. The van der Waals surface area contributed by atoms with Crippen molar-refractivity contribution in [3.8, 4) is 11.5 Å². The molecule has 2 aromatic carbocycles. The molecular weight excluding hydrogens is 468 g/mol. The Morgan fingerprint density at radius 1 is 1.18 bits per heavy atom. The number of carbonyl (C=O) groups is 1. The summed E-state index contributed by atoms with van der Waals surface area (Å²) < 4.78 is 39.8. The number of halogens is 1. The van der Waals surface area contributed by atoms with Crippen LogP contribution in [0.3, 0.4) is 0 Å². The van der Waals surface area contributed by atoms with Crippen LogP contribution in [-0.4, -0.2) is 55.0 Å². The standard InChI is InChI=1S/C22H23ClN4O5S/c1-26-10-9-24-22(26)21(15-3-5-16(23)6-4-15)25-20(28)14-27(2)33(29,30)17-7-8-18-19(13-17)32-12-11-31-18/h3-10,13,21H,11-12,14H2,1-2H3,(H,25,28)/t21-/m0/s1. The van der Waals surface area contributed by atoms with Crippen LogP contribution in [0.25, 0.3) is 0 Å². The highest BCUT2D eigenvalue weighted by Gasteiger charge is 2.27. The Morgan fingerprint density at radius 2 is 1.88 bits per heavy atom. The number of aryl methyl sites for hydroxylation is 1. The summed E-state index contributed by atoms with van der Waals surface area (Å²) in [4.78, 5) is 17.3. The Balaban J connectivity index is 1.52. The average molecular weight is 491 g/mol. The molecule has 0 radical (unpaired) electrons. The number of imidazole rings is 1. The molecule has 1 amide bonds. The number of hydrogen-bond donors (Lipinski definition) is 1. The number of amides is 1. The van der Waals surface area contributed by atoms with Crippen molar-refractivity contribution < 1.29 is 22.7 Å². The summed E-state index contributed by atoms with van der Waals surface area (Å²) in [7, 11) is -0.771. The topological polar surface area (TPSA) is 103 Å². The largest absolute Gasteiger partial charge is 0.486 e. The van der Waals surface area contributed by atoms with Crippen LogP contribution in [-0.2, 0) is 21.9 Å². The monoisotopic (exact) mass is 490 g/mol. The third-order valence-corrected chi connectivity index (χ3v) is 7.26. The molecule has 0 aliphatic carbocycles. The maximum atomic E-state index is 13.0. The van der Waals surface area contributed by atoms with E-state index >= 15 is 0 Å². The van der Waals surface area contributed by atoms with Crippen molar-refractivity contribution in [1.82, 2.24) is 19.2 Å². The van der Waals surface area contributed by atoms with E-state index in [2.05, 4.69) is 10.3 Å². The van der Waals surface area contributed by atoms with Crippen LogP contribution in [0.15, 0.2) is 59.8 Å². The molecule has 0 spiro atoms. The number of nitrogens with one attached hydrogen (secondary N) is 1. The van der Waals surface area contributed by atoms with Gasteiger partial charge in [0.1, 0.15) is 25.1 Å². The van der Waals surface area contributed by atoms with Crippen LogP contribution in [0.5, 0.6) is 11.5 Å². The number of carbonyl (C=O) groups excluding carboxylic acids is 1. The number of sulfonamides is 1. The maximum Gasteiger partial charge on any atom is 0.243 e. The molecular formula is C22H23ClN4O5S. The normalized spacial score (nSPS) is 14.2. The van der Waals surface area contributed by atoms with Crippen molar-refractivity contribution in [2.45, 2.75) is 10.9 Å². The first-order valence-corrected chi connectivity index (χ1v) is 12.0. The van der Waals surface area contributed by atoms with E-state index in [0.717, 1.165) is 9.87 Å². The summed E-state index contributed by atoms with van der Waals surface area (Å²) in [5, 5.41) is 3.45. The Labute approximate surface area is 196 Å². The molecule has 174 valence electrons. The number of aromatic nitrogens is 2. The number of ether oxygens (including phenoxy) is 2. The van der Waals surface area contributed by atoms with E-state index in [-0.39, 0.29) is 11.4 Å². The Bertz CT molecular complexity index is 1260. The summed E-state index contributed by atoms with van der Waals surface area (Å²) in [6.07, 6.45) is 3.39. The minimum Gasteiger partial charge on any atom is -0.486 e. The van der Waals surface area contributed by atoms with Crippen molar-refractivity contribution in [3.63, 3.8) is 0 Å². The van der Waals surface area contributed by atoms with Gasteiger partial charge in [0.2, 0.25) is 15.9 Å². The van der Waals surface area contributed by atoms with Crippen LogP contribution in [0, 0.1) is 0 Å². The molecule has 0 saturated heterocycles. The molecule has 1 atom stereocenters. The van der Waals surface area contributed by atoms with E-state index in [0.29, 0.717) is 35.6 Å². The van der Waals surface area contributed by atoms with E-state index in [1.165, 1.54) is 19.2 Å². The fourth-order valence-electron chi connectivity index (χ4n) is 3.47. The molecule has 2 heterocycles. The van der Waals surface area contributed by atoms with E-state index in [1.54, 1.807) is 47.3 Å². The van der Waals surface area contributed by atoms with E-state index in [1.807, 2.05) is 7.05 Å². The predicted molar refractivity (Wildman–Crippen MR) is 122 cm³/mol. The molecule has 33 heavy (non-hydrogen) atoms. The van der Waals surface area contributed by atoms with Crippen LogP contribution >= 0.6 is 11.6 Å². The number of likely N-dealkylation sites (N-methyl/N-ethyl adjacent to an activating group) is 1. The summed E-state index contributed by atoms with van der Waals surface area (Å²) in [6.45, 7) is 0.364. The maximum absolute atomic E-state index is 13.0. The first-order chi connectivity index (χ1) is 15.8. The second kappa shape index (κ2) is 9.42. The minimum absolute atomic E-state index is 0.0143. The molecule has 0 bridgehead atoms. The van der Waals surface area contributed by atoms with Crippen molar-refractivity contribution in [3.05, 3.63) is 71.3 Å². The van der Waals surface area contributed by atoms with E-state index < -0.39 is 22.0 Å². The zero-order valence-electron chi connectivity index (χ0n) is 18.1. The van der Waals surface area contributed by atoms with Crippen molar-refractivity contribution in [1.29, 1.82) is 0 Å². The summed E-state index contributed by atoms with van der Waals surface area (Å²) in [5.74, 6) is 0.962. The molecule has 9 nitrogen and oxygen atoms in total. The Kier molecular flexibility index (Phi) is 6.59. The molecule has 1 aliphatic heterocycles. The van der Waals surface area contributed by atoms with Crippen molar-refractivity contribution >= 4 is 27.5 Å². The Morgan fingerprint density at radius 3 is 2.55 bits per heavy atom. The van der Waals surface area contributed by atoms with Crippen LogP contribution < -0.4 is 14.8 Å². The van der Waals surface area contributed by atoms with Crippen LogP contribution in [0.2, 0.25) is 5.02 Å². The summed E-state index contributed by atoms with van der Waals surface area (Å²) >= 11 is 6.00. The van der Waals surface area contributed by atoms with Gasteiger partial charge in [0.15, 0.2) is 11.5 Å². The van der Waals surface area contributed by atoms with Crippen molar-refractivity contribution in [2.24, 2.45) is 7.05 Å². The SMILES string of the molecule is CN(CC(=O)N[C@@H](c1ccc(Cl)cc1)c1nccn1C)S(=O)(=O)c1ccc2c(c1)OCCO2. The number of fused-ring (bicyclic) bond motifs is 1. The van der Waals surface area contributed by atoms with Gasteiger partial charge >= 0.3 is 0 Å². The molecule has 4 rings (SSSR count). The Hall–Kier alpha value is -3.08. The number of rotatable bonds is 7. The van der Waals surface area contributed by atoms with Gasteiger partial charge in [0.05, 0.1) is 11.4 Å². The first-order valence-electron chi connectivity index (χ1n) is 10.1. The van der Waals surface area contributed by atoms with Gasteiger partial charge in [-0.25, -0.2) is 13.4 Å². The second-order valence-corrected chi connectivity index (χ2v) is 10.00. The van der Waals surface area contributed by atoms with E-state index in [4.69, 9.17) is 21.1 Å². The lowest BCUT2D eigenvalue weighted by molar-refractivity contribution is -0.121. The molecule has 1 N–H and O–H groups in total. The fourth-order valence-corrected chi connectivity index (χ4v) is 4.73. The third-order valence-electron chi connectivity index (χ3n) is 5.21. The van der Waals surface area contributed by atoms with Gasteiger partial charge in [-0.15, -0.1) is 0 Å². The van der Waals surface area contributed by atoms with Crippen LogP contribution in [0.1, 0.15) is 17.4 Å². The van der Waals surface area contributed by atoms with Gasteiger partial charge in [-0.3, -0.25) is 4.79 Å². The highest BCUT2D eigenvalue weighted by molar-refractivity contribution is 7.89. The zero-order chi connectivity index (χ0) is 23.6. The highest BCUT2D eigenvalue weighted by Crippen LogP contribution is 2.33. The second-order valence-electron chi connectivity index (χ2n) is 7.51. The molecule has 0 unspecified atom stereocenters. The summed E-state index contributed by atoms with van der Waals surface area (Å²) in [5.41, 5.74) is 0.763. The predicted octanol–water partition coefficient (Wildman–Crippen LogP) is 2.37. The number of nitrogens with zero attached hydrogens (tertiary/aromatic N) is 3. The lowest BCUT2D eigenvalue weighted by atomic mass is 10.1. The van der Waals surface area contributed by atoms with Gasteiger partial charge in [-0.05, 0) is 29.8 Å². The van der Waals surface area contributed by atoms with Crippen LogP contribution in [0.4, 0.5) is 0 Å². The molecule has 1 aliphatic rings. The van der Waals surface area contributed by atoms with Gasteiger partial charge in [0, 0.05) is 37.6 Å². The molecule has 3 aromatic rings. The van der Waals surface area contributed by atoms with Gasteiger partial charge in [-0.1, -0.05) is 23.7 Å². The third kappa shape index (κ3) is 4.97. The number of benzene rings is 2. The highest BCUT2D eigenvalue weighted by atomic mass is 35.5. The number of hydrogen-bond acceptors (Lipinski definition) is 6. The molecule has 0 saturated carbocycles. The van der Waals surface area contributed by atoms with Crippen molar-refractivity contribution in [2.75, 3.05) is 26.8 Å². The summed E-state index contributed by atoms with van der Waals surface area (Å²) in [6, 6.07) is 10.8.